The molecule has 29 heavy (non-hydrogen) atoms. The molecule has 4 aromatic rings. The summed E-state index contributed by atoms with van der Waals surface area (Å²) >= 11 is 1.38. The standard InChI is InChI=1S/C23H20N2O3S/c1-3-28-17-11-8-16(9-12-17)22(26)25-23-24-19(14-29-23)21-18-7-5-4-6-15(18)10-13-20(21)27-2/h4-14H,3H2,1-2H3,(H,24,25,26). The lowest BCUT2D eigenvalue weighted by Gasteiger charge is -2.10. The van der Waals surface area contributed by atoms with Crippen molar-refractivity contribution in [1.82, 2.24) is 4.98 Å². The average molecular weight is 404 g/mol. The quantitative estimate of drug-likeness (QED) is 0.453. The number of ether oxygens (including phenoxy) is 2. The van der Waals surface area contributed by atoms with Gasteiger partial charge in [0.1, 0.15) is 11.5 Å². The van der Waals surface area contributed by atoms with Crippen LogP contribution in [0.3, 0.4) is 0 Å². The molecule has 0 bridgehead atoms. The van der Waals surface area contributed by atoms with Gasteiger partial charge in [-0.2, -0.15) is 0 Å². The lowest BCUT2D eigenvalue weighted by Crippen LogP contribution is -2.11. The lowest BCUT2D eigenvalue weighted by molar-refractivity contribution is 0.102. The van der Waals surface area contributed by atoms with Gasteiger partial charge in [0.25, 0.3) is 5.91 Å². The number of rotatable bonds is 6. The van der Waals surface area contributed by atoms with Crippen molar-refractivity contribution in [3.63, 3.8) is 0 Å². The molecule has 0 aliphatic carbocycles. The van der Waals surface area contributed by atoms with Gasteiger partial charge < -0.3 is 9.47 Å². The van der Waals surface area contributed by atoms with Crippen LogP contribution >= 0.6 is 11.3 Å². The van der Waals surface area contributed by atoms with E-state index in [1.54, 1.807) is 31.4 Å². The van der Waals surface area contributed by atoms with Crippen molar-refractivity contribution in [1.29, 1.82) is 0 Å². The summed E-state index contributed by atoms with van der Waals surface area (Å²) in [5.41, 5.74) is 2.24. The number of nitrogens with zero attached hydrogens (tertiary/aromatic N) is 1. The van der Waals surface area contributed by atoms with Crippen molar-refractivity contribution in [3.8, 4) is 22.8 Å². The summed E-state index contributed by atoms with van der Waals surface area (Å²) in [6, 6.07) is 19.1. The minimum atomic E-state index is -0.209. The summed E-state index contributed by atoms with van der Waals surface area (Å²) < 4.78 is 11.0. The van der Waals surface area contributed by atoms with Crippen LogP contribution in [0.15, 0.2) is 66.0 Å². The van der Waals surface area contributed by atoms with Gasteiger partial charge in [0.15, 0.2) is 5.13 Å². The molecule has 0 aliphatic rings. The molecular formula is C23H20N2O3S. The van der Waals surface area contributed by atoms with Crippen molar-refractivity contribution >= 4 is 33.1 Å². The number of nitrogens with one attached hydrogen (secondary N) is 1. The molecule has 146 valence electrons. The molecule has 0 unspecified atom stereocenters. The third-order valence-electron chi connectivity index (χ3n) is 4.52. The van der Waals surface area contributed by atoms with E-state index in [4.69, 9.17) is 9.47 Å². The molecule has 0 radical (unpaired) electrons. The molecule has 5 nitrogen and oxygen atoms in total. The van der Waals surface area contributed by atoms with Crippen molar-refractivity contribution in [2.45, 2.75) is 6.92 Å². The summed E-state index contributed by atoms with van der Waals surface area (Å²) in [6.07, 6.45) is 0. The molecular weight excluding hydrogens is 384 g/mol. The molecule has 1 aromatic heterocycles. The molecule has 1 heterocycles. The number of carbonyl (C=O) groups is 1. The molecule has 0 spiro atoms. The van der Waals surface area contributed by atoms with E-state index in [0.717, 1.165) is 33.5 Å². The molecule has 1 amide bonds. The summed E-state index contributed by atoms with van der Waals surface area (Å²) in [4.78, 5) is 17.2. The van der Waals surface area contributed by atoms with Crippen LogP contribution in [0.4, 0.5) is 5.13 Å². The Morgan fingerprint density at radius 1 is 1.07 bits per heavy atom. The molecule has 0 aliphatic heterocycles. The van der Waals surface area contributed by atoms with E-state index in [9.17, 15) is 4.79 Å². The first-order valence-electron chi connectivity index (χ1n) is 9.25. The number of benzene rings is 3. The normalized spacial score (nSPS) is 10.7. The van der Waals surface area contributed by atoms with E-state index in [2.05, 4.69) is 16.4 Å². The van der Waals surface area contributed by atoms with Crippen molar-refractivity contribution in [3.05, 3.63) is 71.6 Å². The van der Waals surface area contributed by atoms with Crippen molar-refractivity contribution in [2.24, 2.45) is 0 Å². The zero-order chi connectivity index (χ0) is 20.2. The number of hydrogen-bond donors (Lipinski definition) is 1. The first kappa shape index (κ1) is 19.0. The number of aromatic nitrogens is 1. The Labute approximate surface area is 172 Å². The topological polar surface area (TPSA) is 60.5 Å². The zero-order valence-corrected chi connectivity index (χ0v) is 17.0. The van der Waals surface area contributed by atoms with Gasteiger partial charge in [0.2, 0.25) is 0 Å². The average Bonchev–Trinajstić information content (AvgIpc) is 3.21. The lowest BCUT2D eigenvalue weighted by atomic mass is 10.0. The minimum absolute atomic E-state index is 0.209. The van der Waals surface area contributed by atoms with Crippen LogP contribution < -0.4 is 14.8 Å². The summed E-state index contributed by atoms with van der Waals surface area (Å²) in [7, 11) is 1.65. The number of fused-ring (bicyclic) bond motifs is 1. The first-order chi connectivity index (χ1) is 14.2. The highest BCUT2D eigenvalue weighted by Gasteiger charge is 2.15. The SMILES string of the molecule is CCOc1ccc(C(=O)Nc2nc(-c3c(OC)ccc4ccccc34)cs2)cc1. The van der Waals surface area contributed by atoms with Crippen LogP contribution in [0.2, 0.25) is 0 Å². The first-order valence-corrected chi connectivity index (χ1v) is 10.1. The predicted octanol–water partition coefficient (Wildman–Crippen LogP) is 5.62. The number of thiazole rings is 1. The van der Waals surface area contributed by atoms with Gasteiger partial charge in [-0.05, 0) is 48.0 Å². The zero-order valence-electron chi connectivity index (χ0n) is 16.1. The minimum Gasteiger partial charge on any atom is -0.496 e. The van der Waals surface area contributed by atoms with Gasteiger partial charge in [-0.3, -0.25) is 10.1 Å². The second-order valence-electron chi connectivity index (χ2n) is 6.31. The maximum absolute atomic E-state index is 12.6. The number of amides is 1. The molecule has 0 saturated carbocycles. The highest BCUT2D eigenvalue weighted by Crippen LogP contribution is 2.38. The fourth-order valence-electron chi connectivity index (χ4n) is 3.17. The Kier molecular flexibility index (Phi) is 5.44. The molecule has 0 saturated heterocycles. The van der Waals surface area contributed by atoms with Crippen LogP contribution in [0.25, 0.3) is 22.0 Å². The molecule has 0 fully saturated rings. The van der Waals surface area contributed by atoms with Gasteiger partial charge in [0, 0.05) is 10.9 Å². The Morgan fingerprint density at radius 3 is 2.62 bits per heavy atom. The van der Waals surface area contributed by atoms with Crippen LogP contribution in [0, 0.1) is 0 Å². The van der Waals surface area contributed by atoms with Gasteiger partial charge in [-0.15, -0.1) is 11.3 Å². The highest BCUT2D eigenvalue weighted by atomic mass is 32.1. The summed E-state index contributed by atoms with van der Waals surface area (Å²) in [6.45, 7) is 2.51. The molecule has 4 rings (SSSR count). The van der Waals surface area contributed by atoms with Crippen molar-refractivity contribution < 1.29 is 14.3 Å². The fraction of sp³-hybridized carbons (Fsp3) is 0.130. The fourth-order valence-corrected chi connectivity index (χ4v) is 3.87. The third-order valence-corrected chi connectivity index (χ3v) is 5.28. The smallest absolute Gasteiger partial charge is 0.257 e. The predicted molar refractivity (Wildman–Crippen MR) is 117 cm³/mol. The van der Waals surface area contributed by atoms with E-state index in [1.165, 1.54) is 11.3 Å². The Balaban J connectivity index is 1.61. The number of carbonyl (C=O) groups excluding carboxylic acids is 1. The summed E-state index contributed by atoms with van der Waals surface area (Å²) in [5.74, 6) is 1.28. The molecule has 6 heteroatoms. The van der Waals surface area contributed by atoms with E-state index < -0.39 is 0 Å². The van der Waals surface area contributed by atoms with Gasteiger partial charge in [-0.25, -0.2) is 4.98 Å². The van der Waals surface area contributed by atoms with Gasteiger partial charge in [0.05, 0.1) is 25.0 Å². The molecule has 0 atom stereocenters. The third kappa shape index (κ3) is 3.93. The largest absolute Gasteiger partial charge is 0.496 e. The van der Waals surface area contributed by atoms with Gasteiger partial charge >= 0.3 is 0 Å². The molecule has 1 N–H and O–H groups in total. The van der Waals surface area contributed by atoms with Crippen LogP contribution in [-0.2, 0) is 0 Å². The molecule has 3 aromatic carbocycles. The number of anilines is 1. The van der Waals surface area contributed by atoms with Crippen molar-refractivity contribution in [2.75, 3.05) is 19.0 Å². The van der Waals surface area contributed by atoms with E-state index in [-0.39, 0.29) is 5.91 Å². The monoisotopic (exact) mass is 404 g/mol. The maximum Gasteiger partial charge on any atom is 0.257 e. The number of hydrogen-bond acceptors (Lipinski definition) is 5. The van der Waals surface area contributed by atoms with Crippen LogP contribution in [0.1, 0.15) is 17.3 Å². The Hall–Kier alpha value is -3.38. The van der Waals surface area contributed by atoms with E-state index in [0.29, 0.717) is 17.3 Å². The second-order valence-corrected chi connectivity index (χ2v) is 7.17. The van der Waals surface area contributed by atoms with E-state index in [1.807, 2.05) is 42.6 Å². The van der Waals surface area contributed by atoms with Gasteiger partial charge in [-0.1, -0.05) is 30.3 Å². The number of methoxy groups -OCH3 is 1. The van der Waals surface area contributed by atoms with Crippen LogP contribution in [-0.4, -0.2) is 24.6 Å². The van der Waals surface area contributed by atoms with Crippen LogP contribution in [0.5, 0.6) is 11.5 Å². The highest BCUT2D eigenvalue weighted by molar-refractivity contribution is 7.14. The Bertz CT molecular complexity index is 1150. The maximum atomic E-state index is 12.6. The van der Waals surface area contributed by atoms with E-state index >= 15 is 0 Å². The second kappa shape index (κ2) is 8.32. The summed E-state index contributed by atoms with van der Waals surface area (Å²) in [5, 5.41) is 7.50. The Morgan fingerprint density at radius 2 is 1.86 bits per heavy atom.